The third kappa shape index (κ3) is 0.689. The van der Waals surface area contributed by atoms with Gasteiger partial charge >= 0.3 is 0 Å². The summed E-state index contributed by atoms with van der Waals surface area (Å²) in [5, 5.41) is 8.78. The van der Waals surface area contributed by atoms with Crippen LogP contribution in [0.4, 0.5) is 0 Å². The Hall–Kier alpha value is -0.920. The zero-order valence-corrected chi connectivity index (χ0v) is 5.02. The summed E-state index contributed by atoms with van der Waals surface area (Å²) in [7, 11) is 0. The van der Waals surface area contributed by atoms with Gasteiger partial charge in [-0.05, 0) is 19.4 Å². The molecule has 0 saturated heterocycles. The molecule has 0 radical (unpaired) electrons. The number of hydrogen-bond acceptors (Lipinski definition) is 1. The Bertz CT molecular complexity index is 171. The number of aromatic amines is 1. The van der Waals surface area contributed by atoms with Crippen molar-refractivity contribution in [1.29, 1.82) is 0 Å². The monoisotopic (exact) mass is 111 g/mol. The lowest BCUT2D eigenvalue weighted by Gasteiger charge is -1.81. The molecule has 0 aliphatic heterocycles. The van der Waals surface area contributed by atoms with E-state index in [1.54, 1.807) is 6.07 Å². The molecule has 2 nitrogen and oxygen atoms in total. The Morgan fingerprint density at radius 2 is 2.12 bits per heavy atom. The minimum absolute atomic E-state index is 0.250. The predicted molar refractivity (Wildman–Crippen MR) is 31.9 cm³/mol. The summed E-state index contributed by atoms with van der Waals surface area (Å²) in [6, 6.07) is 1.70. The number of nitrogens with one attached hydrogen (secondary N) is 1. The second-order valence-electron chi connectivity index (χ2n) is 1.96. The van der Waals surface area contributed by atoms with E-state index in [4.69, 9.17) is 5.11 Å². The molecule has 0 spiro atoms. The maximum absolute atomic E-state index is 8.78. The van der Waals surface area contributed by atoms with Gasteiger partial charge in [0.15, 0.2) is 5.88 Å². The Balaban J connectivity index is 3.14. The highest BCUT2D eigenvalue weighted by Crippen LogP contribution is 2.11. The molecule has 0 fully saturated rings. The van der Waals surface area contributed by atoms with Crippen molar-refractivity contribution in [2.24, 2.45) is 0 Å². The minimum atomic E-state index is 0.250. The molecule has 0 aliphatic rings. The third-order valence-corrected chi connectivity index (χ3v) is 1.26. The summed E-state index contributed by atoms with van der Waals surface area (Å²) in [5.74, 6) is 0.250. The van der Waals surface area contributed by atoms with E-state index in [1.807, 2.05) is 13.8 Å². The highest BCUT2D eigenvalue weighted by atomic mass is 16.3. The lowest BCUT2D eigenvalue weighted by Crippen LogP contribution is -1.69. The van der Waals surface area contributed by atoms with E-state index in [0.717, 1.165) is 11.3 Å². The molecule has 8 heavy (non-hydrogen) atoms. The number of aromatic nitrogens is 1. The van der Waals surface area contributed by atoms with Crippen LogP contribution < -0.4 is 0 Å². The van der Waals surface area contributed by atoms with Crippen LogP contribution in [0.15, 0.2) is 6.07 Å². The lowest BCUT2D eigenvalue weighted by atomic mass is 10.3. The number of rotatable bonds is 0. The van der Waals surface area contributed by atoms with Crippen LogP contribution in [0.25, 0.3) is 0 Å². The first kappa shape index (κ1) is 5.22. The molecule has 0 saturated carbocycles. The van der Waals surface area contributed by atoms with Crippen LogP contribution in [-0.2, 0) is 0 Å². The number of hydrogen-bond donors (Lipinski definition) is 2. The van der Waals surface area contributed by atoms with Gasteiger partial charge in [0.05, 0.1) is 0 Å². The standard InChI is InChI=1S/C6H9NO/c1-4-3-6(8)7-5(4)2/h3,7-8H,1-2H3. The van der Waals surface area contributed by atoms with Crippen LogP contribution in [0.5, 0.6) is 5.88 Å². The normalized spacial score (nSPS) is 9.75. The van der Waals surface area contributed by atoms with Gasteiger partial charge < -0.3 is 10.1 Å². The molecule has 2 N–H and O–H groups in total. The zero-order chi connectivity index (χ0) is 6.15. The summed E-state index contributed by atoms with van der Waals surface area (Å²) in [6.07, 6.45) is 0. The molecule has 0 atom stereocenters. The van der Waals surface area contributed by atoms with Crippen molar-refractivity contribution in [1.82, 2.24) is 4.98 Å². The first-order valence-corrected chi connectivity index (χ1v) is 2.55. The van der Waals surface area contributed by atoms with Crippen molar-refractivity contribution in [2.45, 2.75) is 13.8 Å². The van der Waals surface area contributed by atoms with Crippen LogP contribution in [0.3, 0.4) is 0 Å². The fraction of sp³-hybridized carbons (Fsp3) is 0.333. The summed E-state index contributed by atoms with van der Waals surface area (Å²) >= 11 is 0. The van der Waals surface area contributed by atoms with Crippen molar-refractivity contribution in [3.8, 4) is 5.88 Å². The van der Waals surface area contributed by atoms with Crippen LogP contribution in [-0.4, -0.2) is 10.1 Å². The molecule has 1 heterocycles. The van der Waals surface area contributed by atoms with E-state index in [1.165, 1.54) is 0 Å². The Kier molecular flexibility index (Phi) is 1.01. The van der Waals surface area contributed by atoms with E-state index < -0.39 is 0 Å². The summed E-state index contributed by atoms with van der Waals surface area (Å²) in [5.41, 5.74) is 2.13. The lowest BCUT2D eigenvalue weighted by molar-refractivity contribution is 0.456. The predicted octanol–water partition coefficient (Wildman–Crippen LogP) is 1.34. The second kappa shape index (κ2) is 1.54. The fourth-order valence-electron chi connectivity index (χ4n) is 0.640. The Morgan fingerprint density at radius 3 is 2.25 bits per heavy atom. The van der Waals surface area contributed by atoms with Gasteiger partial charge in [0, 0.05) is 11.8 Å². The van der Waals surface area contributed by atoms with Crippen molar-refractivity contribution >= 4 is 0 Å². The molecule has 0 aromatic carbocycles. The third-order valence-electron chi connectivity index (χ3n) is 1.26. The smallest absolute Gasteiger partial charge is 0.188 e. The summed E-state index contributed by atoms with van der Waals surface area (Å²) < 4.78 is 0. The van der Waals surface area contributed by atoms with Crippen LogP contribution in [0, 0.1) is 13.8 Å². The number of aromatic hydroxyl groups is 1. The fourth-order valence-corrected chi connectivity index (χ4v) is 0.640. The Labute approximate surface area is 48.2 Å². The first-order chi connectivity index (χ1) is 3.70. The van der Waals surface area contributed by atoms with Crippen LogP contribution >= 0.6 is 0 Å². The zero-order valence-electron chi connectivity index (χ0n) is 5.02. The number of aryl methyl sites for hydroxylation is 2. The molecule has 0 aliphatic carbocycles. The van der Waals surface area contributed by atoms with Gasteiger partial charge in [0.2, 0.25) is 0 Å². The topological polar surface area (TPSA) is 36.0 Å². The molecular weight excluding hydrogens is 102 g/mol. The highest BCUT2D eigenvalue weighted by Gasteiger charge is 1.94. The maximum Gasteiger partial charge on any atom is 0.188 e. The molecule has 1 aromatic rings. The van der Waals surface area contributed by atoms with E-state index in [2.05, 4.69) is 4.98 Å². The molecule has 0 bridgehead atoms. The molecule has 1 aromatic heterocycles. The van der Waals surface area contributed by atoms with Gasteiger partial charge in [-0.15, -0.1) is 0 Å². The van der Waals surface area contributed by atoms with E-state index >= 15 is 0 Å². The van der Waals surface area contributed by atoms with Crippen molar-refractivity contribution in [2.75, 3.05) is 0 Å². The molecule has 0 unspecified atom stereocenters. The van der Waals surface area contributed by atoms with Crippen LogP contribution in [0.2, 0.25) is 0 Å². The van der Waals surface area contributed by atoms with Crippen molar-refractivity contribution < 1.29 is 5.11 Å². The molecule has 0 amide bonds. The summed E-state index contributed by atoms with van der Waals surface area (Å²) in [6.45, 7) is 3.88. The largest absolute Gasteiger partial charge is 0.495 e. The molecular formula is C6H9NO. The van der Waals surface area contributed by atoms with Crippen LogP contribution in [0.1, 0.15) is 11.3 Å². The van der Waals surface area contributed by atoms with Gasteiger partial charge in [-0.3, -0.25) is 0 Å². The molecule has 1 rings (SSSR count). The number of H-pyrrole nitrogens is 1. The van der Waals surface area contributed by atoms with Crippen molar-refractivity contribution in [3.05, 3.63) is 17.3 Å². The maximum atomic E-state index is 8.78. The molecule has 44 valence electrons. The minimum Gasteiger partial charge on any atom is -0.495 e. The van der Waals surface area contributed by atoms with Gasteiger partial charge in [-0.2, -0.15) is 0 Å². The van der Waals surface area contributed by atoms with Gasteiger partial charge in [-0.25, -0.2) is 0 Å². The first-order valence-electron chi connectivity index (χ1n) is 2.55. The summed E-state index contributed by atoms with van der Waals surface area (Å²) in [4.78, 5) is 2.76. The Morgan fingerprint density at radius 1 is 1.50 bits per heavy atom. The average Bonchev–Trinajstić information content (AvgIpc) is 1.85. The van der Waals surface area contributed by atoms with E-state index in [0.29, 0.717) is 0 Å². The van der Waals surface area contributed by atoms with E-state index in [-0.39, 0.29) is 5.88 Å². The average molecular weight is 111 g/mol. The highest BCUT2D eigenvalue weighted by molar-refractivity contribution is 5.25. The second-order valence-corrected chi connectivity index (χ2v) is 1.96. The van der Waals surface area contributed by atoms with Gasteiger partial charge in [0.1, 0.15) is 0 Å². The quantitative estimate of drug-likeness (QED) is 0.520. The van der Waals surface area contributed by atoms with E-state index in [9.17, 15) is 0 Å². The van der Waals surface area contributed by atoms with Gasteiger partial charge in [0.25, 0.3) is 0 Å². The van der Waals surface area contributed by atoms with Crippen molar-refractivity contribution in [3.63, 3.8) is 0 Å². The van der Waals surface area contributed by atoms with Gasteiger partial charge in [-0.1, -0.05) is 0 Å². The molecule has 2 heteroatoms. The SMILES string of the molecule is Cc1cc(O)[nH]c1C.